The standard InChI is InChI=1S/C21H25F2N3O/c1-3-4-6-15-7-5-8-17(13-15)21(14-26(2)20(24)25-21)16-9-11-18(12-10-16)27-19(22)23/h5,7-13,19H,3-4,6,14H2,1-2H3,(H2,24,25)/t21-/m1/s1. The van der Waals surface area contributed by atoms with Crippen LogP contribution in [0.2, 0.25) is 0 Å². The smallest absolute Gasteiger partial charge is 0.387 e. The second-order valence-electron chi connectivity index (χ2n) is 6.89. The first-order chi connectivity index (χ1) is 12.9. The monoisotopic (exact) mass is 373 g/mol. The Balaban J connectivity index is 2.01. The van der Waals surface area contributed by atoms with Gasteiger partial charge in [0.05, 0.1) is 6.54 Å². The Morgan fingerprint density at radius 2 is 1.93 bits per heavy atom. The van der Waals surface area contributed by atoms with Crippen molar-refractivity contribution in [2.24, 2.45) is 10.7 Å². The van der Waals surface area contributed by atoms with Gasteiger partial charge in [0.15, 0.2) is 5.96 Å². The Labute approximate surface area is 158 Å². The molecule has 1 atom stereocenters. The van der Waals surface area contributed by atoms with Crippen LogP contribution in [0.15, 0.2) is 53.5 Å². The van der Waals surface area contributed by atoms with Crippen molar-refractivity contribution >= 4 is 5.96 Å². The molecule has 0 radical (unpaired) electrons. The zero-order valence-electron chi connectivity index (χ0n) is 15.7. The number of aliphatic imine (C=N–C) groups is 1. The molecular weight excluding hydrogens is 348 g/mol. The second kappa shape index (κ2) is 7.94. The molecule has 0 saturated carbocycles. The molecule has 4 nitrogen and oxygen atoms in total. The molecule has 2 aromatic rings. The lowest BCUT2D eigenvalue weighted by Gasteiger charge is -2.28. The first-order valence-corrected chi connectivity index (χ1v) is 9.16. The van der Waals surface area contributed by atoms with Gasteiger partial charge in [0.25, 0.3) is 0 Å². The lowest BCUT2D eigenvalue weighted by molar-refractivity contribution is -0.0498. The predicted molar refractivity (Wildman–Crippen MR) is 103 cm³/mol. The summed E-state index contributed by atoms with van der Waals surface area (Å²) in [6.07, 6.45) is 3.27. The van der Waals surface area contributed by atoms with Crippen LogP contribution in [0.5, 0.6) is 5.75 Å². The van der Waals surface area contributed by atoms with E-state index in [4.69, 9.17) is 10.7 Å². The SMILES string of the molecule is CCCCc1cccc([C@]2(c3ccc(OC(F)F)cc3)CN(C)C(N)=N2)c1. The highest BCUT2D eigenvalue weighted by Gasteiger charge is 2.40. The van der Waals surface area contributed by atoms with Crippen LogP contribution in [0.4, 0.5) is 8.78 Å². The maximum Gasteiger partial charge on any atom is 0.387 e. The number of alkyl halides is 2. The molecule has 27 heavy (non-hydrogen) atoms. The molecule has 2 N–H and O–H groups in total. The molecule has 0 spiro atoms. The van der Waals surface area contributed by atoms with Crippen molar-refractivity contribution in [3.8, 4) is 5.75 Å². The number of nitrogens with two attached hydrogens (primary N) is 1. The molecule has 3 rings (SSSR count). The summed E-state index contributed by atoms with van der Waals surface area (Å²) in [4.78, 5) is 6.69. The number of rotatable bonds is 7. The summed E-state index contributed by atoms with van der Waals surface area (Å²) in [7, 11) is 1.90. The fourth-order valence-corrected chi connectivity index (χ4v) is 3.50. The number of benzene rings is 2. The fourth-order valence-electron chi connectivity index (χ4n) is 3.50. The number of halogens is 2. The number of unbranched alkanes of at least 4 members (excludes halogenated alkanes) is 1. The molecule has 0 aromatic heterocycles. The van der Waals surface area contributed by atoms with Crippen LogP contribution in [0.1, 0.15) is 36.5 Å². The zero-order valence-corrected chi connectivity index (χ0v) is 15.7. The Morgan fingerprint density at radius 3 is 2.52 bits per heavy atom. The molecule has 144 valence electrons. The topological polar surface area (TPSA) is 50.9 Å². The summed E-state index contributed by atoms with van der Waals surface area (Å²) in [6, 6.07) is 15.1. The van der Waals surface area contributed by atoms with E-state index in [2.05, 4.69) is 29.9 Å². The second-order valence-corrected chi connectivity index (χ2v) is 6.89. The maximum atomic E-state index is 12.4. The molecule has 0 amide bonds. The minimum Gasteiger partial charge on any atom is -0.435 e. The molecule has 1 heterocycles. The van der Waals surface area contributed by atoms with Crippen molar-refractivity contribution in [3.63, 3.8) is 0 Å². The maximum absolute atomic E-state index is 12.4. The van der Waals surface area contributed by atoms with Crippen molar-refractivity contribution in [3.05, 3.63) is 65.2 Å². The summed E-state index contributed by atoms with van der Waals surface area (Å²) < 4.78 is 29.4. The zero-order chi connectivity index (χ0) is 19.4. The van der Waals surface area contributed by atoms with E-state index in [9.17, 15) is 8.78 Å². The number of guanidine groups is 1. The Bertz CT molecular complexity index is 807. The lowest BCUT2D eigenvalue weighted by atomic mass is 9.82. The Morgan fingerprint density at radius 1 is 1.19 bits per heavy atom. The van der Waals surface area contributed by atoms with E-state index >= 15 is 0 Å². The third-order valence-electron chi connectivity index (χ3n) is 4.94. The molecule has 0 aliphatic carbocycles. The van der Waals surface area contributed by atoms with Crippen molar-refractivity contribution < 1.29 is 13.5 Å². The number of aryl methyl sites for hydroxylation is 1. The van der Waals surface area contributed by atoms with Crippen LogP contribution in [-0.4, -0.2) is 31.1 Å². The third kappa shape index (κ3) is 4.04. The fraction of sp³-hybridized carbons (Fsp3) is 0.381. The molecule has 2 aromatic carbocycles. The first kappa shape index (κ1) is 19.1. The predicted octanol–water partition coefficient (Wildman–Crippen LogP) is 4.13. The molecule has 0 saturated heterocycles. The highest BCUT2D eigenvalue weighted by molar-refractivity contribution is 5.81. The van der Waals surface area contributed by atoms with E-state index < -0.39 is 12.2 Å². The van der Waals surface area contributed by atoms with Crippen molar-refractivity contribution in [1.29, 1.82) is 0 Å². The van der Waals surface area contributed by atoms with Crippen molar-refractivity contribution in [2.75, 3.05) is 13.6 Å². The van der Waals surface area contributed by atoms with E-state index in [1.165, 1.54) is 5.56 Å². The molecule has 1 aliphatic heterocycles. The highest BCUT2D eigenvalue weighted by Crippen LogP contribution is 2.39. The number of ether oxygens (including phenoxy) is 1. The van der Waals surface area contributed by atoms with Gasteiger partial charge in [-0.1, -0.05) is 49.7 Å². The average Bonchev–Trinajstić information content (AvgIpc) is 2.96. The summed E-state index contributed by atoms with van der Waals surface area (Å²) in [5.74, 6) is 0.589. The molecule has 6 heteroatoms. The van der Waals surface area contributed by atoms with Crippen LogP contribution in [-0.2, 0) is 12.0 Å². The average molecular weight is 373 g/mol. The molecule has 0 unspecified atom stereocenters. The van der Waals surface area contributed by atoms with E-state index in [0.717, 1.165) is 30.4 Å². The van der Waals surface area contributed by atoms with Crippen molar-refractivity contribution in [1.82, 2.24) is 4.90 Å². The quantitative estimate of drug-likeness (QED) is 0.794. The summed E-state index contributed by atoms with van der Waals surface area (Å²) in [6.45, 7) is -0.0810. The third-order valence-corrected chi connectivity index (χ3v) is 4.94. The summed E-state index contributed by atoms with van der Waals surface area (Å²) in [5, 5.41) is 0. The van der Waals surface area contributed by atoms with E-state index in [1.54, 1.807) is 24.3 Å². The first-order valence-electron chi connectivity index (χ1n) is 9.16. The van der Waals surface area contributed by atoms with Crippen molar-refractivity contribution in [2.45, 2.75) is 38.3 Å². The van der Waals surface area contributed by atoms with Gasteiger partial charge in [0.1, 0.15) is 11.3 Å². The van der Waals surface area contributed by atoms with Crippen LogP contribution in [0.3, 0.4) is 0 Å². The van der Waals surface area contributed by atoms with E-state index in [0.29, 0.717) is 12.5 Å². The van der Waals surface area contributed by atoms with Gasteiger partial charge in [-0.2, -0.15) is 8.78 Å². The molecule has 0 fully saturated rings. The van der Waals surface area contributed by atoms with Gasteiger partial charge in [0, 0.05) is 7.05 Å². The number of likely N-dealkylation sites (N-methyl/N-ethyl adjacent to an activating group) is 1. The van der Waals surface area contributed by atoms with E-state index in [1.807, 2.05) is 18.0 Å². The number of hydrogen-bond acceptors (Lipinski definition) is 4. The molecule has 1 aliphatic rings. The van der Waals surface area contributed by atoms with Gasteiger partial charge in [-0.05, 0) is 41.7 Å². The highest BCUT2D eigenvalue weighted by atomic mass is 19.3. The van der Waals surface area contributed by atoms with Crippen LogP contribution >= 0.6 is 0 Å². The van der Waals surface area contributed by atoms with E-state index in [-0.39, 0.29) is 5.75 Å². The Kier molecular flexibility index (Phi) is 5.63. The van der Waals surface area contributed by atoms with Gasteiger partial charge < -0.3 is 15.4 Å². The lowest BCUT2D eigenvalue weighted by Crippen LogP contribution is -2.34. The van der Waals surface area contributed by atoms with Gasteiger partial charge >= 0.3 is 6.61 Å². The van der Waals surface area contributed by atoms with Crippen LogP contribution in [0.25, 0.3) is 0 Å². The normalized spacial score (nSPS) is 19.4. The van der Waals surface area contributed by atoms with Crippen LogP contribution < -0.4 is 10.5 Å². The molecular formula is C21H25F2N3O. The minimum absolute atomic E-state index is 0.129. The largest absolute Gasteiger partial charge is 0.435 e. The van der Waals surface area contributed by atoms with Crippen LogP contribution in [0, 0.1) is 0 Å². The Hall–Kier alpha value is -2.63. The number of nitrogens with zero attached hydrogens (tertiary/aromatic N) is 2. The van der Waals surface area contributed by atoms with Gasteiger partial charge in [-0.15, -0.1) is 0 Å². The van der Waals surface area contributed by atoms with Gasteiger partial charge in [-0.3, -0.25) is 0 Å². The summed E-state index contributed by atoms with van der Waals surface area (Å²) >= 11 is 0. The summed E-state index contributed by atoms with van der Waals surface area (Å²) in [5.41, 5.74) is 8.63. The van der Waals surface area contributed by atoms with Gasteiger partial charge in [-0.25, -0.2) is 4.99 Å². The number of hydrogen-bond donors (Lipinski definition) is 1. The minimum atomic E-state index is -2.84. The molecule has 0 bridgehead atoms. The van der Waals surface area contributed by atoms with Gasteiger partial charge in [0.2, 0.25) is 0 Å².